The van der Waals surface area contributed by atoms with E-state index in [9.17, 15) is 14.7 Å². The zero-order chi connectivity index (χ0) is 14.0. The van der Waals surface area contributed by atoms with Gasteiger partial charge in [-0.1, -0.05) is 6.07 Å². The largest absolute Gasteiger partial charge is 0.479 e. The maximum absolute atomic E-state index is 11.1. The molecule has 1 unspecified atom stereocenters. The minimum atomic E-state index is -1.81. The molecular weight excluding hydrogens is 254 g/mol. The van der Waals surface area contributed by atoms with Gasteiger partial charge in [0.1, 0.15) is 5.52 Å². The SMILES string of the molecule is COC(=O)Cc1ccc2nc(C(O)C(=O)O)oc2c1. The Kier molecular flexibility index (Phi) is 3.48. The van der Waals surface area contributed by atoms with Crippen molar-refractivity contribution >= 4 is 23.0 Å². The van der Waals surface area contributed by atoms with Crippen molar-refractivity contribution in [2.75, 3.05) is 7.11 Å². The summed E-state index contributed by atoms with van der Waals surface area (Å²) in [7, 11) is 1.29. The number of methoxy groups -OCH3 is 1. The van der Waals surface area contributed by atoms with Gasteiger partial charge in [-0.25, -0.2) is 9.78 Å². The Labute approximate surface area is 107 Å². The van der Waals surface area contributed by atoms with Crippen LogP contribution in [0.2, 0.25) is 0 Å². The van der Waals surface area contributed by atoms with E-state index in [0.29, 0.717) is 16.7 Å². The smallest absolute Gasteiger partial charge is 0.342 e. The standard InChI is InChI=1S/C12H11NO6/c1-18-9(14)5-6-2-3-7-8(4-6)19-11(13-7)10(15)12(16)17/h2-4,10,15H,5H2,1H3,(H,16,17). The highest BCUT2D eigenvalue weighted by molar-refractivity contribution is 5.79. The Morgan fingerprint density at radius 1 is 1.47 bits per heavy atom. The van der Waals surface area contributed by atoms with Gasteiger partial charge in [-0.2, -0.15) is 0 Å². The van der Waals surface area contributed by atoms with Crippen molar-refractivity contribution in [3.8, 4) is 0 Å². The number of aromatic nitrogens is 1. The fourth-order valence-corrected chi connectivity index (χ4v) is 1.56. The van der Waals surface area contributed by atoms with Gasteiger partial charge in [0.05, 0.1) is 13.5 Å². The van der Waals surface area contributed by atoms with E-state index in [1.165, 1.54) is 7.11 Å². The molecule has 1 heterocycles. The normalized spacial score (nSPS) is 12.3. The molecule has 0 aliphatic heterocycles. The Morgan fingerprint density at radius 3 is 2.84 bits per heavy atom. The van der Waals surface area contributed by atoms with E-state index in [-0.39, 0.29) is 12.3 Å². The van der Waals surface area contributed by atoms with Crippen LogP contribution in [-0.4, -0.2) is 34.2 Å². The van der Waals surface area contributed by atoms with Gasteiger partial charge >= 0.3 is 11.9 Å². The maximum atomic E-state index is 11.1. The molecule has 2 rings (SSSR count). The van der Waals surface area contributed by atoms with Gasteiger partial charge < -0.3 is 19.4 Å². The van der Waals surface area contributed by atoms with Gasteiger partial charge in [0, 0.05) is 0 Å². The number of fused-ring (bicyclic) bond motifs is 1. The second kappa shape index (κ2) is 5.07. The summed E-state index contributed by atoms with van der Waals surface area (Å²) < 4.78 is 9.69. The lowest BCUT2D eigenvalue weighted by atomic mass is 10.1. The third-order valence-corrected chi connectivity index (χ3v) is 2.51. The van der Waals surface area contributed by atoms with E-state index in [0.717, 1.165) is 0 Å². The number of carbonyl (C=O) groups excluding carboxylic acids is 1. The molecule has 7 nitrogen and oxygen atoms in total. The van der Waals surface area contributed by atoms with E-state index in [2.05, 4.69) is 9.72 Å². The Morgan fingerprint density at radius 2 is 2.21 bits per heavy atom. The first-order valence-corrected chi connectivity index (χ1v) is 5.38. The van der Waals surface area contributed by atoms with Crippen molar-refractivity contribution < 1.29 is 29.0 Å². The number of esters is 1. The summed E-state index contributed by atoms with van der Waals surface area (Å²) in [6, 6.07) is 4.78. The number of carboxylic acids is 1. The number of carboxylic acid groups (broad SMARTS) is 1. The number of nitrogens with zero attached hydrogens (tertiary/aromatic N) is 1. The van der Waals surface area contributed by atoms with Crippen molar-refractivity contribution in [1.82, 2.24) is 4.98 Å². The number of rotatable bonds is 4. The second-order valence-electron chi connectivity index (χ2n) is 3.85. The lowest BCUT2D eigenvalue weighted by molar-refractivity contribution is -0.148. The van der Waals surface area contributed by atoms with Crippen LogP contribution < -0.4 is 0 Å². The zero-order valence-electron chi connectivity index (χ0n) is 9.99. The Bertz CT molecular complexity index is 632. The Hall–Kier alpha value is -2.41. The molecule has 0 aliphatic rings. The first kappa shape index (κ1) is 13.0. The average molecular weight is 265 g/mol. The highest BCUT2D eigenvalue weighted by Gasteiger charge is 2.22. The van der Waals surface area contributed by atoms with E-state index in [1.807, 2.05) is 0 Å². The molecule has 7 heteroatoms. The van der Waals surface area contributed by atoms with Crippen LogP contribution >= 0.6 is 0 Å². The number of aliphatic hydroxyl groups excluding tert-OH is 1. The van der Waals surface area contributed by atoms with Gasteiger partial charge in [0.2, 0.25) is 12.0 Å². The van der Waals surface area contributed by atoms with Crippen LogP contribution in [0.3, 0.4) is 0 Å². The molecule has 0 spiro atoms. The molecule has 1 aromatic carbocycles. The molecule has 2 aromatic rings. The number of hydrogen-bond acceptors (Lipinski definition) is 6. The van der Waals surface area contributed by atoms with E-state index in [4.69, 9.17) is 9.52 Å². The topological polar surface area (TPSA) is 110 Å². The molecule has 0 bridgehead atoms. The molecular formula is C12H11NO6. The molecule has 0 fully saturated rings. The van der Waals surface area contributed by atoms with Crippen LogP contribution in [0.1, 0.15) is 17.6 Å². The lowest BCUT2D eigenvalue weighted by Crippen LogP contribution is -2.10. The van der Waals surface area contributed by atoms with Gasteiger partial charge in [-0.05, 0) is 17.7 Å². The van der Waals surface area contributed by atoms with Gasteiger partial charge in [-0.15, -0.1) is 0 Å². The number of aliphatic carboxylic acids is 1. The number of aliphatic hydroxyl groups is 1. The summed E-state index contributed by atoms with van der Waals surface area (Å²) in [5.74, 6) is -2.14. The van der Waals surface area contributed by atoms with Crippen LogP contribution in [-0.2, 0) is 20.7 Å². The van der Waals surface area contributed by atoms with Crippen molar-refractivity contribution in [2.24, 2.45) is 0 Å². The van der Waals surface area contributed by atoms with Crippen LogP contribution in [0.5, 0.6) is 0 Å². The molecule has 0 amide bonds. The maximum Gasteiger partial charge on any atom is 0.342 e. The summed E-state index contributed by atoms with van der Waals surface area (Å²) >= 11 is 0. The number of oxazole rings is 1. The molecule has 0 radical (unpaired) electrons. The fourth-order valence-electron chi connectivity index (χ4n) is 1.56. The van der Waals surface area contributed by atoms with Crippen LogP contribution in [0.15, 0.2) is 22.6 Å². The monoisotopic (exact) mass is 265 g/mol. The van der Waals surface area contributed by atoms with Crippen LogP contribution in [0, 0.1) is 0 Å². The van der Waals surface area contributed by atoms with Crippen molar-refractivity contribution in [1.29, 1.82) is 0 Å². The van der Waals surface area contributed by atoms with Gasteiger partial charge in [-0.3, -0.25) is 4.79 Å². The minimum absolute atomic E-state index is 0.0734. The van der Waals surface area contributed by atoms with E-state index < -0.39 is 18.0 Å². The van der Waals surface area contributed by atoms with Crippen molar-refractivity contribution in [3.05, 3.63) is 29.7 Å². The molecule has 1 aromatic heterocycles. The zero-order valence-corrected chi connectivity index (χ0v) is 9.99. The predicted molar refractivity (Wildman–Crippen MR) is 62.3 cm³/mol. The highest BCUT2D eigenvalue weighted by atomic mass is 16.5. The highest BCUT2D eigenvalue weighted by Crippen LogP contribution is 2.21. The number of carbonyl (C=O) groups is 2. The van der Waals surface area contributed by atoms with Crippen LogP contribution in [0.25, 0.3) is 11.1 Å². The fraction of sp³-hybridized carbons (Fsp3) is 0.250. The van der Waals surface area contributed by atoms with Crippen LogP contribution in [0.4, 0.5) is 0 Å². The molecule has 0 saturated carbocycles. The second-order valence-corrected chi connectivity index (χ2v) is 3.85. The quantitative estimate of drug-likeness (QED) is 0.781. The molecule has 19 heavy (non-hydrogen) atoms. The summed E-state index contributed by atoms with van der Waals surface area (Å²) in [6.45, 7) is 0. The number of hydrogen-bond donors (Lipinski definition) is 2. The lowest BCUT2D eigenvalue weighted by Gasteiger charge is -1.98. The first-order valence-electron chi connectivity index (χ1n) is 5.38. The predicted octanol–water partition coefficient (Wildman–Crippen LogP) is 0.661. The molecule has 2 N–H and O–H groups in total. The third-order valence-electron chi connectivity index (χ3n) is 2.51. The number of ether oxygens (including phenoxy) is 1. The minimum Gasteiger partial charge on any atom is -0.479 e. The third kappa shape index (κ3) is 2.71. The first-order chi connectivity index (χ1) is 9.01. The van der Waals surface area contributed by atoms with Gasteiger partial charge in [0.15, 0.2) is 5.58 Å². The molecule has 0 saturated heterocycles. The summed E-state index contributed by atoms with van der Waals surface area (Å²) in [4.78, 5) is 25.6. The Balaban J connectivity index is 2.33. The van der Waals surface area contributed by atoms with Crippen molar-refractivity contribution in [2.45, 2.75) is 12.5 Å². The summed E-state index contributed by atoms with van der Waals surface area (Å²) in [5.41, 5.74) is 1.35. The van der Waals surface area contributed by atoms with E-state index >= 15 is 0 Å². The molecule has 100 valence electrons. The van der Waals surface area contributed by atoms with Gasteiger partial charge in [0.25, 0.3) is 0 Å². The number of benzene rings is 1. The summed E-state index contributed by atoms with van der Waals surface area (Å²) in [6.07, 6.45) is -1.74. The molecule has 0 aliphatic carbocycles. The van der Waals surface area contributed by atoms with Crippen molar-refractivity contribution in [3.63, 3.8) is 0 Å². The summed E-state index contributed by atoms with van der Waals surface area (Å²) in [5, 5.41) is 18.0. The van der Waals surface area contributed by atoms with E-state index in [1.54, 1.807) is 18.2 Å². The molecule has 1 atom stereocenters. The average Bonchev–Trinajstić information content (AvgIpc) is 2.80.